The first-order valence-electron chi connectivity index (χ1n) is 5.15. The van der Waals surface area contributed by atoms with Crippen LogP contribution in [-0.4, -0.2) is 44.6 Å². The van der Waals surface area contributed by atoms with Crippen molar-refractivity contribution in [1.29, 1.82) is 0 Å². The zero-order chi connectivity index (χ0) is 11.9. The zero-order valence-electron chi connectivity index (χ0n) is 9.62. The molecule has 90 valence electrons. The predicted octanol–water partition coefficient (Wildman–Crippen LogP) is 0.184. The number of hydrogen-bond donors (Lipinski definition) is 1. The molecule has 0 saturated carbocycles. The molecular formula is C9H20N2O3S. The molecule has 5 nitrogen and oxygen atoms in total. The van der Waals surface area contributed by atoms with Crippen LogP contribution in [0.25, 0.3) is 0 Å². The van der Waals surface area contributed by atoms with Crippen molar-refractivity contribution in [3.8, 4) is 0 Å². The van der Waals surface area contributed by atoms with Crippen LogP contribution < -0.4 is 4.72 Å². The van der Waals surface area contributed by atoms with E-state index in [1.165, 1.54) is 6.92 Å². The fourth-order valence-corrected chi connectivity index (χ4v) is 1.74. The predicted molar refractivity (Wildman–Crippen MR) is 60.0 cm³/mol. The van der Waals surface area contributed by atoms with Gasteiger partial charge in [0.1, 0.15) is 0 Å². The Labute approximate surface area is 91.9 Å². The Kier molecular flexibility index (Phi) is 6.51. The van der Waals surface area contributed by atoms with Gasteiger partial charge in [-0.2, -0.15) is 0 Å². The molecule has 0 rings (SSSR count). The fourth-order valence-electron chi connectivity index (χ4n) is 1.13. The minimum atomic E-state index is -3.14. The first-order chi connectivity index (χ1) is 6.93. The third-order valence-corrected chi connectivity index (χ3v) is 3.43. The molecule has 0 aromatic carbocycles. The summed E-state index contributed by atoms with van der Waals surface area (Å²) in [6.45, 7) is 6.44. The highest BCUT2D eigenvalue weighted by molar-refractivity contribution is 7.89. The average Bonchev–Trinajstić information content (AvgIpc) is 2.16. The molecule has 0 heterocycles. The molecule has 6 heteroatoms. The average molecular weight is 236 g/mol. The minimum Gasteiger partial charge on any atom is -0.342 e. The summed E-state index contributed by atoms with van der Waals surface area (Å²) < 4.78 is 24.6. The van der Waals surface area contributed by atoms with Crippen molar-refractivity contribution in [1.82, 2.24) is 9.62 Å². The highest BCUT2D eigenvalue weighted by Crippen LogP contribution is 1.92. The first-order valence-corrected chi connectivity index (χ1v) is 6.81. The molecule has 15 heavy (non-hydrogen) atoms. The maximum atomic E-state index is 11.1. The van der Waals surface area contributed by atoms with Crippen LogP contribution in [0, 0.1) is 0 Å². The van der Waals surface area contributed by atoms with Crippen molar-refractivity contribution in [2.24, 2.45) is 0 Å². The summed E-state index contributed by atoms with van der Waals surface area (Å²) in [6.07, 6.45) is 0.875. The van der Waals surface area contributed by atoms with Crippen molar-refractivity contribution < 1.29 is 13.2 Å². The van der Waals surface area contributed by atoms with Crippen LogP contribution in [0.4, 0.5) is 0 Å². The lowest BCUT2D eigenvalue weighted by Crippen LogP contribution is -2.38. The maximum Gasteiger partial charge on any atom is 0.219 e. The molecule has 1 amide bonds. The van der Waals surface area contributed by atoms with E-state index < -0.39 is 10.0 Å². The molecule has 0 radical (unpaired) electrons. The van der Waals surface area contributed by atoms with Gasteiger partial charge in [-0.05, 0) is 13.3 Å². The van der Waals surface area contributed by atoms with Crippen LogP contribution in [0.15, 0.2) is 0 Å². The topological polar surface area (TPSA) is 66.5 Å². The van der Waals surface area contributed by atoms with Gasteiger partial charge in [0.25, 0.3) is 0 Å². The van der Waals surface area contributed by atoms with Gasteiger partial charge in [0.15, 0.2) is 0 Å². The summed E-state index contributed by atoms with van der Waals surface area (Å²) in [4.78, 5) is 12.7. The molecule has 0 fully saturated rings. The van der Waals surface area contributed by atoms with Gasteiger partial charge in [-0.1, -0.05) is 6.92 Å². The Balaban J connectivity index is 3.96. The van der Waals surface area contributed by atoms with E-state index in [0.29, 0.717) is 13.1 Å². The summed E-state index contributed by atoms with van der Waals surface area (Å²) in [6, 6.07) is 0. The summed E-state index contributed by atoms with van der Waals surface area (Å²) in [5, 5.41) is 0. The molecule has 0 bridgehead atoms. The Hall–Kier alpha value is -0.620. The second-order valence-electron chi connectivity index (χ2n) is 3.30. The maximum absolute atomic E-state index is 11.1. The number of carbonyl (C=O) groups excluding carboxylic acids is 1. The molecule has 0 spiro atoms. The van der Waals surface area contributed by atoms with Gasteiger partial charge >= 0.3 is 0 Å². The van der Waals surface area contributed by atoms with Crippen LogP contribution in [0.1, 0.15) is 27.2 Å². The Morgan fingerprint density at radius 2 is 1.87 bits per heavy atom. The van der Waals surface area contributed by atoms with Crippen LogP contribution in [0.2, 0.25) is 0 Å². The molecule has 0 unspecified atom stereocenters. The zero-order valence-corrected chi connectivity index (χ0v) is 10.4. The third-order valence-electron chi connectivity index (χ3n) is 2.02. The summed E-state index contributed by atoms with van der Waals surface area (Å²) in [5.74, 6) is 0.0495. The first kappa shape index (κ1) is 14.4. The normalized spacial score (nSPS) is 11.4. The lowest BCUT2D eigenvalue weighted by Gasteiger charge is -2.20. The van der Waals surface area contributed by atoms with Gasteiger partial charge in [0, 0.05) is 26.6 Å². The fraction of sp³-hybridized carbons (Fsp3) is 0.889. The van der Waals surface area contributed by atoms with Crippen LogP contribution in [0.5, 0.6) is 0 Å². The summed E-state index contributed by atoms with van der Waals surface area (Å²) >= 11 is 0. The van der Waals surface area contributed by atoms with Gasteiger partial charge in [-0.15, -0.1) is 0 Å². The minimum absolute atomic E-state index is 0.0208. The number of rotatable bonds is 7. The third kappa shape index (κ3) is 6.46. The molecular weight excluding hydrogens is 216 g/mol. The molecule has 0 aliphatic heterocycles. The molecule has 1 N–H and O–H groups in total. The van der Waals surface area contributed by atoms with E-state index in [-0.39, 0.29) is 18.2 Å². The Bertz CT molecular complexity index is 288. The van der Waals surface area contributed by atoms with Crippen LogP contribution in [-0.2, 0) is 14.8 Å². The molecule has 0 aliphatic carbocycles. The van der Waals surface area contributed by atoms with Crippen molar-refractivity contribution in [3.05, 3.63) is 0 Å². The van der Waals surface area contributed by atoms with Crippen LogP contribution >= 0.6 is 0 Å². The molecule has 0 aliphatic rings. The molecule has 0 aromatic rings. The van der Waals surface area contributed by atoms with Crippen molar-refractivity contribution in [3.63, 3.8) is 0 Å². The van der Waals surface area contributed by atoms with Crippen molar-refractivity contribution in [2.75, 3.05) is 25.4 Å². The molecule has 0 atom stereocenters. The number of sulfonamides is 1. The van der Waals surface area contributed by atoms with Gasteiger partial charge in [0.2, 0.25) is 15.9 Å². The quantitative estimate of drug-likeness (QED) is 0.686. The standard InChI is InChI=1S/C9H20N2O3S/c1-4-7-11(9(3)12)8-6-10-15(13,14)5-2/h10H,4-8H2,1-3H3. The second-order valence-corrected chi connectivity index (χ2v) is 5.40. The van der Waals surface area contributed by atoms with E-state index in [0.717, 1.165) is 6.42 Å². The number of nitrogens with one attached hydrogen (secondary N) is 1. The lowest BCUT2D eigenvalue weighted by atomic mass is 10.4. The van der Waals surface area contributed by atoms with E-state index in [4.69, 9.17) is 0 Å². The lowest BCUT2D eigenvalue weighted by molar-refractivity contribution is -0.128. The molecule has 0 aromatic heterocycles. The second kappa shape index (κ2) is 6.79. The SMILES string of the molecule is CCCN(CCNS(=O)(=O)CC)C(C)=O. The highest BCUT2D eigenvalue weighted by Gasteiger charge is 2.09. The molecule has 0 saturated heterocycles. The van der Waals surface area contributed by atoms with E-state index in [2.05, 4.69) is 4.72 Å². The largest absolute Gasteiger partial charge is 0.342 e. The van der Waals surface area contributed by atoms with Crippen molar-refractivity contribution in [2.45, 2.75) is 27.2 Å². The van der Waals surface area contributed by atoms with Gasteiger partial charge < -0.3 is 4.90 Å². The van der Waals surface area contributed by atoms with Gasteiger partial charge in [0.05, 0.1) is 5.75 Å². The summed E-state index contributed by atoms with van der Waals surface area (Å²) in [5.41, 5.74) is 0. The number of hydrogen-bond acceptors (Lipinski definition) is 3. The highest BCUT2D eigenvalue weighted by atomic mass is 32.2. The number of nitrogens with zero attached hydrogens (tertiary/aromatic N) is 1. The Morgan fingerprint density at radius 3 is 2.27 bits per heavy atom. The van der Waals surface area contributed by atoms with E-state index in [9.17, 15) is 13.2 Å². The number of amides is 1. The van der Waals surface area contributed by atoms with Crippen molar-refractivity contribution >= 4 is 15.9 Å². The van der Waals surface area contributed by atoms with E-state index >= 15 is 0 Å². The Morgan fingerprint density at radius 1 is 1.27 bits per heavy atom. The van der Waals surface area contributed by atoms with Gasteiger partial charge in [-0.3, -0.25) is 4.79 Å². The van der Waals surface area contributed by atoms with Gasteiger partial charge in [-0.25, -0.2) is 13.1 Å². The van der Waals surface area contributed by atoms with Crippen LogP contribution in [0.3, 0.4) is 0 Å². The smallest absolute Gasteiger partial charge is 0.219 e. The van der Waals surface area contributed by atoms with E-state index in [1.807, 2.05) is 6.92 Å². The van der Waals surface area contributed by atoms with E-state index in [1.54, 1.807) is 11.8 Å². The monoisotopic (exact) mass is 236 g/mol. The number of carbonyl (C=O) groups is 1. The summed E-state index contributed by atoms with van der Waals surface area (Å²) in [7, 11) is -3.14.